The lowest BCUT2D eigenvalue weighted by molar-refractivity contribution is 0.413. The average Bonchev–Trinajstić information content (AvgIpc) is 3.27. The second-order valence-corrected chi connectivity index (χ2v) is 8.26. The molecule has 1 aliphatic rings. The number of hydrogen-bond donors (Lipinski definition) is 0. The fraction of sp³-hybridized carbons (Fsp3) is 0.185. The van der Waals surface area contributed by atoms with Crippen LogP contribution < -0.4 is 9.64 Å². The largest absolute Gasteiger partial charge is 0.495 e. The summed E-state index contributed by atoms with van der Waals surface area (Å²) in [6, 6.07) is 16.5. The van der Waals surface area contributed by atoms with Gasteiger partial charge in [0, 0.05) is 34.9 Å². The van der Waals surface area contributed by atoms with Crippen molar-refractivity contribution in [1.29, 1.82) is 0 Å². The van der Waals surface area contributed by atoms with Crippen molar-refractivity contribution in [2.45, 2.75) is 19.8 Å². The van der Waals surface area contributed by atoms with Crippen molar-refractivity contribution in [3.8, 4) is 17.6 Å². The zero-order valence-electron chi connectivity index (χ0n) is 19.0. The lowest BCUT2D eigenvalue weighted by Gasteiger charge is -2.32. The van der Waals surface area contributed by atoms with E-state index in [1.807, 2.05) is 29.5 Å². The lowest BCUT2D eigenvalue weighted by atomic mass is 9.96. The van der Waals surface area contributed by atoms with E-state index in [2.05, 4.69) is 62.3 Å². The number of aromatic nitrogens is 5. The molecule has 5 aromatic rings. The minimum absolute atomic E-state index is 0.611. The summed E-state index contributed by atoms with van der Waals surface area (Å²) in [5.41, 5.74) is 5.28. The predicted octanol–water partition coefficient (Wildman–Crippen LogP) is 4.47. The number of ether oxygens (including phenoxy) is 1. The Hall–Kier alpha value is -4.44. The lowest BCUT2D eigenvalue weighted by Crippen LogP contribution is -2.26. The number of para-hydroxylation sites is 1. The van der Waals surface area contributed by atoms with Crippen LogP contribution in [-0.2, 0) is 6.42 Å². The summed E-state index contributed by atoms with van der Waals surface area (Å²) < 4.78 is 7.28. The van der Waals surface area contributed by atoms with Gasteiger partial charge in [-0.2, -0.15) is 4.98 Å². The van der Waals surface area contributed by atoms with E-state index in [1.54, 1.807) is 19.5 Å². The minimum Gasteiger partial charge on any atom is -0.495 e. The number of nitrogens with zero attached hydrogens (tertiary/aromatic N) is 6. The second-order valence-electron chi connectivity index (χ2n) is 8.26. The Bertz CT molecular complexity index is 1610. The van der Waals surface area contributed by atoms with Gasteiger partial charge < -0.3 is 9.64 Å². The molecule has 0 N–H and O–H groups in total. The van der Waals surface area contributed by atoms with Crippen molar-refractivity contribution >= 4 is 28.2 Å². The maximum atomic E-state index is 5.27. The zero-order valence-corrected chi connectivity index (χ0v) is 19.0. The van der Waals surface area contributed by atoms with Gasteiger partial charge in [-0.1, -0.05) is 30.0 Å². The zero-order chi connectivity index (χ0) is 23.1. The van der Waals surface area contributed by atoms with Gasteiger partial charge in [-0.15, -0.1) is 10.2 Å². The highest BCUT2D eigenvalue weighted by molar-refractivity contribution is 5.94. The third kappa shape index (κ3) is 3.32. The molecule has 0 atom stereocenters. The Labute approximate surface area is 197 Å². The normalized spacial score (nSPS) is 12.9. The van der Waals surface area contributed by atoms with E-state index in [0.717, 1.165) is 58.7 Å². The summed E-state index contributed by atoms with van der Waals surface area (Å²) in [7, 11) is 1.63. The van der Waals surface area contributed by atoms with Crippen LogP contribution in [-0.4, -0.2) is 38.2 Å². The van der Waals surface area contributed by atoms with Crippen LogP contribution in [0.5, 0.6) is 5.75 Å². The molecule has 1 aliphatic heterocycles. The SMILES string of the molecule is COc1cncc(C#Cc2cccc3c2CCCN3c2nc3nnc(C)n3c3ccccc23)c1. The monoisotopic (exact) mass is 446 g/mol. The molecule has 0 bridgehead atoms. The molecule has 0 saturated heterocycles. The van der Waals surface area contributed by atoms with Gasteiger partial charge in [-0.05, 0) is 55.7 Å². The standard InChI is InChI=1S/C27H22N6O/c1-18-30-31-27-29-26(23-8-3-4-10-25(23)33(18)27)32-14-6-9-22-20(7-5-11-24(22)32)13-12-19-15-21(34-2)17-28-16-19/h3-5,7-8,10-11,15-17H,6,9,14H2,1-2H3. The second kappa shape index (κ2) is 8.16. The van der Waals surface area contributed by atoms with E-state index in [4.69, 9.17) is 9.72 Å². The van der Waals surface area contributed by atoms with Crippen LogP contribution in [0.3, 0.4) is 0 Å². The van der Waals surface area contributed by atoms with Gasteiger partial charge in [0.25, 0.3) is 5.78 Å². The van der Waals surface area contributed by atoms with Crippen molar-refractivity contribution in [2.75, 3.05) is 18.6 Å². The van der Waals surface area contributed by atoms with Crippen LogP contribution in [0.4, 0.5) is 11.5 Å². The fourth-order valence-corrected chi connectivity index (χ4v) is 4.62. The van der Waals surface area contributed by atoms with Crippen molar-refractivity contribution in [1.82, 2.24) is 24.6 Å². The number of aryl methyl sites for hydroxylation is 1. The van der Waals surface area contributed by atoms with Crippen LogP contribution in [0.25, 0.3) is 16.7 Å². The molecule has 0 unspecified atom stereocenters. The molecule has 0 spiro atoms. The van der Waals surface area contributed by atoms with E-state index >= 15 is 0 Å². The van der Waals surface area contributed by atoms with Crippen LogP contribution in [0.1, 0.15) is 28.9 Å². The molecular weight excluding hydrogens is 424 g/mol. The molecular formula is C27H22N6O. The number of anilines is 2. The van der Waals surface area contributed by atoms with Crippen LogP contribution in [0.15, 0.2) is 60.9 Å². The Morgan fingerprint density at radius 2 is 1.91 bits per heavy atom. The van der Waals surface area contributed by atoms with Gasteiger partial charge >= 0.3 is 0 Å². The summed E-state index contributed by atoms with van der Waals surface area (Å²) in [6.07, 6.45) is 5.41. The average molecular weight is 447 g/mol. The van der Waals surface area contributed by atoms with E-state index in [-0.39, 0.29) is 0 Å². The van der Waals surface area contributed by atoms with Gasteiger partial charge in [-0.3, -0.25) is 9.38 Å². The quantitative estimate of drug-likeness (QED) is 0.373. The van der Waals surface area contributed by atoms with Crippen molar-refractivity contribution in [3.63, 3.8) is 0 Å². The third-order valence-electron chi connectivity index (χ3n) is 6.20. The van der Waals surface area contributed by atoms with E-state index in [1.165, 1.54) is 5.56 Å². The maximum absolute atomic E-state index is 5.27. The number of rotatable bonds is 2. The summed E-state index contributed by atoms with van der Waals surface area (Å²) in [5.74, 6) is 9.65. The first kappa shape index (κ1) is 20.2. The minimum atomic E-state index is 0.611. The molecule has 166 valence electrons. The molecule has 0 fully saturated rings. The molecule has 7 heteroatoms. The molecule has 0 amide bonds. The predicted molar refractivity (Wildman–Crippen MR) is 132 cm³/mol. The molecule has 7 nitrogen and oxygen atoms in total. The topological polar surface area (TPSA) is 68.4 Å². The van der Waals surface area contributed by atoms with Crippen LogP contribution in [0.2, 0.25) is 0 Å². The number of fused-ring (bicyclic) bond motifs is 4. The summed E-state index contributed by atoms with van der Waals surface area (Å²) in [4.78, 5) is 11.4. The number of methoxy groups -OCH3 is 1. The van der Waals surface area contributed by atoms with E-state index in [0.29, 0.717) is 11.5 Å². The Balaban J connectivity index is 1.48. The first-order chi connectivity index (χ1) is 16.7. The molecule has 34 heavy (non-hydrogen) atoms. The number of hydrogen-bond acceptors (Lipinski definition) is 6. The molecule has 6 rings (SSSR count). The highest BCUT2D eigenvalue weighted by Gasteiger charge is 2.24. The third-order valence-corrected chi connectivity index (χ3v) is 6.20. The Morgan fingerprint density at radius 1 is 1.00 bits per heavy atom. The summed E-state index contributed by atoms with van der Waals surface area (Å²) >= 11 is 0. The van der Waals surface area contributed by atoms with Crippen LogP contribution in [0, 0.1) is 18.8 Å². The maximum Gasteiger partial charge on any atom is 0.257 e. The first-order valence-corrected chi connectivity index (χ1v) is 11.2. The van der Waals surface area contributed by atoms with Gasteiger partial charge in [0.1, 0.15) is 17.4 Å². The van der Waals surface area contributed by atoms with E-state index in [9.17, 15) is 0 Å². The van der Waals surface area contributed by atoms with Gasteiger partial charge in [0.15, 0.2) is 0 Å². The van der Waals surface area contributed by atoms with E-state index < -0.39 is 0 Å². The molecule has 3 aromatic heterocycles. The first-order valence-electron chi connectivity index (χ1n) is 11.2. The Kier molecular flexibility index (Phi) is 4.84. The smallest absolute Gasteiger partial charge is 0.257 e. The molecule has 0 aliphatic carbocycles. The molecule has 0 saturated carbocycles. The highest BCUT2D eigenvalue weighted by atomic mass is 16.5. The van der Waals surface area contributed by atoms with Crippen LogP contribution >= 0.6 is 0 Å². The highest BCUT2D eigenvalue weighted by Crippen LogP contribution is 2.37. The molecule has 2 aromatic carbocycles. The molecule has 0 radical (unpaired) electrons. The van der Waals surface area contributed by atoms with Crippen molar-refractivity contribution in [2.24, 2.45) is 0 Å². The Morgan fingerprint density at radius 3 is 2.82 bits per heavy atom. The number of pyridine rings is 1. The van der Waals surface area contributed by atoms with Gasteiger partial charge in [0.2, 0.25) is 0 Å². The summed E-state index contributed by atoms with van der Waals surface area (Å²) in [6.45, 7) is 2.83. The fourth-order valence-electron chi connectivity index (χ4n) is 4.62. The van der Waals surface area contributed by atoms with Gasteiger partial charge in [-0.25, -0.2) is 0 Å². The van der Waals surface area contributed by atoms with Crippen molar-refractivity contribution in [3.05, 3.63) is 83.4 Å². The van der Waals surface area contributed by atoms with Gasteiger partial charge in [0.05, 0.1) is 18.8 Å². The summed E-state index contributed by atoms with van der Waals surface area (Å²) in [5, 5.41) is 9.64. The van der Waals surface area contributed by atoms with Crippen molar-refractivity contribution < 1.29 is 4.74 Å². The number of benzene rings is 2. The molecule has 4 heterocycles.